The van der Waals surface area contributed by atoms with Crippen molar-refractivity contribution >= 4 is 62.3 Å². The molecule has 47 heavy (non-hydrogen) atoms. The number of carbonyl (C=O) groups excluding carboxylic acids is 2. The van der Waals surface area contributed by atoms with Gasteiger partial charge in [-0.2, -0.15) is 0 Å². The van der Waals surface area contributed by atoms with Crippen molar-refractivity contribution in [2.45, 2.75) is 62.6 Å². The normalized spacial score (nSPS) is 14.0. The molecular weight excluding hydrogens is 677 g/mol. The first-order chi connectivity index (χ1) is 22.5. The van der Waals surface area contributed by atoms with Crippen LogP contribution in [0.2, 0.25) is 15.1 Å². The van der Waals surface area contributed by atoms with Crippen molar-refractivity contribution in [1.29, 1.82) is 0 Å². The summed E-state index contributed by atoms with van der Waals surface area (Å²) < 4.78 is 29.5. The van der Waals surface area contributed by atoms with E-state index in [0.29, 0.717) is 5.02 Å². The van der Waals surface area contributed by atoms with Crippen LogP contribution >= 0.6 is 34.8 Å². The molecule has 11 heteroatoms. The van der Waals surface area contributed by atoms with E-state index in [-0.39, 0.29) is 45.5 Å². The number of rotatable bonds is 12. The lowest BCUT2D eigenvalue weighted by Crippen LogP contribution is -2.54. The first kappa shape index (κ1) is 34.8. The molecule has 5 rings (SSSR count). The molecular formula is C36H36Cl3N3O4S. The topological polar surface area (TPSA) is 86.8 Å². The van der Waals surface area contributed by atoms with Crippen LogP contribution in [0.5, 0.6) is 0 Å². The molecule has 1 fully saturated rings. The highest BCUT2D eigenvalue weighted by Crippen LogP contribution is 2.33. The predicted octanol–water partition coefficient (Wildman–Crippen LogP) is 7.85. The van der Waals surface area contributed by atoms with Gasteiger partial charge in [-0.1, -0.05) is 108 Å². The molecule has 1 unspecified atom stereocenters. The van der Waals surface area contributed by atoms with E-state index in [1.807, 2.05) is 37.3 Å². The minimum atomic E-state index is -4.32. The summed E-state index contributed by atoms with van der Waals surface area (Å²) in [6.45, 7) is 1.25. The Morgan fingerprint density at radius 2 is 1.47 bits per heavy atom. The van der Waals surface area contributed by atoms with Crippen molar-refractivity contribution < 1.29 is 18.0 Å². The number of anilines is 1. The van der Waals surface area contributed by atoms with Gasteiger partial charge >= 0.3 is 0 Å². The second-order valence-electron chi connectivity index (χ2n) is 11.8. The largest absolute Gasteiger partial charge is 0.352 e. The van der Waals surface area contributed by atoms with Crippen LogP contribution in [-0.2, 0) is 32.6 Å². The fourth-order valence-corrected chi connectivity index (χ4v) is 7.72. The summed E-state index contributed by atoms with van der Waals surface area (Å²) in [6, 6.07) is 26.3. The fraction of sp³-hybridized carbons (Fsp3) is 0.278. The lowest BCUT2D eigenvalue weighted by molar-refractivity contribution is -0.140. The van der Waals surface area contributed by atoms with Gasteiger partial charge in [0, 0.05) is 29.1 Å². The third kappa shape index (κ3) is 8.87. The summed E-state index contributed by atoms with van der Waals surface area (Å²) in [5.74, 6) is -0.883. The van der Waals surface area contributed by atoms with E-state index < -0.39 is 28.5 Å². The van der Waals surface area contributed by atoms with E-state index in [2.05, 4.69) is 5.32 Å². The molecule has 2 amide bonds. The Morgan fingerprint density at radius 3 is 2.13 bits per heavy atom. The molecule has 0 bridgehead atoms. The van der Waals surface area contributed by atoms with Crippen molar-refractivity contribution in [2.24, 2.45) is 0 Å². The van der Waals surface area contributed by atoms with Crippen LogP contribution < -0.4 is 9.62 Å². The zero-order chi connectivity index (χ0) is 33.6. The summed E-state index contributed by atoms with van der Waals surface area (Å²) in [7, 11) is -4.32. The second-order valence-corrected chi connectivity index (χ2v) is 14.9. The third-order valence-corrected chi connectivity index (χ3v) is 10.9. The monoisotopic (exact) mass is 711 g/mol. The van der Waals surface area contributed by atoms with Crippen LogP contribution in [0.25, 0.3) is 0 Å². The van der Waals surface area contributed by atoms with Gasteiger partial charge in [0.25, 0.3) is 10.0 Å². The maximum atomic E-state index is 14.6. The standard InChI is InChI=1S/C36H36Cl3N3O4S/c1-25-11-18-31(19-12-25)47(45,46)42(33-22-29(38)17-20-32(33)39)24-35(43)41(23-27-13-15-28(37)16-14-27)34(21-26-7-3-2-4-8-26)36(44)40-30-9-5-6-10-30/h2-4,7-8,11-20,22,30,34H,5-6,9-10,21,23-24H2,1H3,(H,40,44). The second kappa shape index (κ2) is 15.6. The molecule has 0 saturated heterocycles. The SMILES string of the molecule is Cc1ccc(S(=O)(=O)N(CC(=O)N(Cc2ccc(Cl)cc2)C(Cc2ccccc2)C(=O)NC2CCCC2)c2cc(Cl)ccc2Cl)cc1. The van der Waals surface area contributed by atoms with Crippen LogP contribution in [0.1, 0.15) is 42.4 Å². The van der Waals surface area contributed by atoms with E-state index in [1.54, 1.807) is 42.5 Å². The zero-order valence-corrected chi connectivity index (χ0v) is 29.0. The van der Waals surface area contributed by atoms with Gasteiger partial charge in [0.2, 0.25) is 11.8 Å². The number of benzene rings is 4. The molecule has 1 atom stereocenters. The number of nitrogens with one attached hydrogen (secondary N) is 1. The Hall–Kier alpha value is -3.56. The average molecular weight is 713 g/mol. The quantitative estimate of drug-likeness (QED) is 0.162. The summed E-state index contributed by atoms with van der Waals surface area (Å²) >= 11 is 19.1. The molecule has 0 spiro atoms. The van der Waals surface area contributed by atoms with Crippen molar-refractivity contribution in [2.75, 3.05) is 10.8 Å². The van der Waals surface area contributed by atoms with Gasteiger partial charge in [-0.3, -0.25) is 13.9 Å². The van der Waals surface area contributed by atoms with Gasteiger partial charge in [-0.25, -0.2) is 8.42 Å². The van der Waals surface area contributed by atoms with Gasteiger partial charge in [0.05, 0.1) is 15.6 Å². The summed E-state index contributed by atoms with van der Waals surface area (Å²) in [5, 5.41) is 4.04. The lowest BCUT2D eigenvalue weighted by atomic mass is 10.0. The van der Waals surface area contributed by atoms with Gasteiger partial charge in [-0.15, -0.1) is 0 Å². The number of carbonyl (C=O) groups is 2. The Kier molecular flexibility index (Phi) is 11.5. The predicted molar refractivity (Wildman–Crippen MR) is 189 cm³/mol. The van der Waals surface area contributed by atoms with Crippen molar-refractivity contribution in [3.63, 3.8) is 0 Å². The Labute approximate surface area is 291 Å². The molecule has 0 aliphatic heterocycles. The van der Waals surface area contributed by atoms with Gasteiger partial charge < -0.3 is 10.2 Å². The first-order valence-electron chi connectivity index (χ1n) is 15.4. The number of hydrogen-bond acceptors (Lipinski definition) is 4. The molecule has 1 saturated carbocycles. The molecule has 1 aliphatic carbocycles. The van der Waals surface area contributed by atoms with Crippen molar-refractivity contribution in [1.82, 2.24) is 10.2 Å². The van der Waals surface area contributed by atoms with Gasteiger partial charge in [-0.05, 0) is 73.4 Å². The van der Waals surface area contributed by atoms with E-state index in [9.17, 15) is 18.0 Å². The highest BCUT2D eigenvalue weighted by molar-refractivity contribution is 7.92. The molecule has 0 aromatic heterocycles. The number of amides is 2. The molecule has 0 heterocycles. The van der Waals surface area contributed by atoms with E-state index in [1.165, 1.54) is 29.2 Å². The van der Waals surface area contributed by atoms with Crippen molar-refractivity contribution in [3.05, 3.63) is 129 Å². The van der Waals surface area contributed by atoms with E-state index in [0.717, 1.165) is 46.7 Å². The first-order valence-corrected chi connectivity index (χ1v) is 18.0. The number of nitrogens with zero attached hydrogens (tertiary/aromatic N) is 2. The number of sulfonamides is 1. The Balaban J connectivity index is 1.58. The zero-order valence-electron chi connectivity index (χ0n) is 25.9. The number of halogens is 3. The van der Waals surface area contributed by atoms with Crippen LogP contribution in [0.3, 0.4) is 0 Å². The highest BCUT2D eigenvalue weighted by Gasteiger charge is 2.36. The summed E-state index contributed by atoms with van der Waals surface area (Å²) in [4.78, 5) is 30.2. The maximum Gasteiger partial charge on any atom is 0.264 e. The Morgan fingerprint density at radius 1 is 0.830 bits per heavy atom. The fourth-order valence-electron chi connectivity index (χ4n) is 5.74. The smallest absolute Gasteiger partial charge is 0.264 e. The maximum absolute atomic E-state index is 14.6. The van der Waals surface area contributed by atoms with Gasteiger partial charge in [0.1, 0.15) is 12.6 Å². The molecule has 1 N–H and O–H groups in total. The van der Waals surface area contributed by atoms with Crippen LogP contribution in [0, 0.1) is 6.92 Å². The Bertz CT molecular complexity index is 1800. The molecule has 246 valence electrons. The molecule has 1 aliphatic rings. The summed E-state index contributed by atoms with van der Waals surface area (Å²) in [5.41, 5.74) is 2.51. The van der Waals surface area contributed by atoms with E-state index >= 15 is 0 Å². The highest BCUT2D eigenvalue weighted by atomic mass is 35.5. The summed E-state index contributed by atoms with van der Waals surface area (Å²) in [6.07, 6.45) is 4.00. The molecule has 7 nitrogen and oxygen atoms in total. The average Bonchev–Trinajstić information content (AvgIpc) is 3.57. The number of hydrogen-bond donors (Lipinski definition) is 1. The van der Waals surface area contributed by atoms with Crippen LogP contribution in [-0.4, -0.2) is 43.8 Å². The van der Waals surface area contributed by atoms with Crippen LogP contribution in [0.4, 0.5) is 5.69 Å². The third-order valence-electron chi connectivity index (χ3n) is 8.30. The van der Waals surface area contributed by atoms with Gasteiger partial charge in [0.15, 0.2) is 0 Å². The molecule has 4 aromatic carbocycles. The van der Waals surface area contributed by atoms with E-state index in [4.69, 9.17) is 34.8 Å². The van der Waals surface area contributed by atoms with Crippen LogP contribution in [0.15, 0.2) is 102 Å². The minimum Gasteiger partial charge on any atom is -0.352 e. The van der Waals surface area contributed by atoms with Crippen molar-refractivity contribution in [3.8, 4) is 0 Å². The number of aryl methyl sites for hydroxylation is 1. The molecule has 4 aromatic rings. The molecule has 0 radical (unpaired) electrons. The lowest BCUT2D eigenvalue weighted by Gasteiger charge is -2.34. The minimum absolute atomic E-state index is 0.0111.